The van der Waals surface area contributed by atoms with Crippen molar-refractivity contribution in [1.29, 1.82) is 0 Å². The molecule has 0 aromatic heterocycles. The summed E-state index contributed by atoms with van der Waals surface area (Å²) in [5.41, 5.74) is 0.655. The van der Waals surface area contributed by atoms with Crippen molar-refractivity contribution in [1.82, 2.24) is 0 Å². The molecule has 0 spiro atoms. The van der Waals surface area contributed by atoms with Crippen LogP contribution in [-0.2, 0) is 14.3 Å². The number of hydrogen-bond donors (Lipinski definition) is 1. The number of esters is 1. The Bertz CT molecular complexity index is 970. The first-order valence-electron chi connectivity index (χ1n) is 7.94. The van der Waals surface area contributed by atoms with E-state index in [-0.39, 0.29) is 28.7 Å². The average Bonchev–Trinajstić information content (AvgIpc) is 3.01. The molecule has 144 valence electrons. The second-order valence-corrected chi connectivity index (χ2v) is 5.46. The lowest BCUT2D eigenvalue weighted by molar-refractivity contribution is -0.139. The number of carboxylic acid groups (broad SMARTS) is 1. The third-order valence-electron chi connectivity index (χ3n) is 3.49. The first-order chi connectivity index (χ1) is 13.4. The third kappa shape index (κ3) is 4.70. The minimum Gasteiger partial charge on any atom is -0.481 e. The summed E-state index contributed by atoms with van der Waals surface area (Å²) in [4.78, 5) is 26.9. The van der Waals surface area contributed by atoms with Crippen molar-refractivity contribution in [3.8, 4) is 11.5 Å². The number of carbonyl (C=O) groups is 2. The van der Waals surface area contributed by atoms with Crippen LogP contribution in [0.4, 0.5) is 8.78 Å². The van der Waals surface area contributed by atoms with E-state index >= 15 is 0 Å². The predicted octanol–water partition coefficient (Wildman–Crippen LogP) is 3.10. The fraction of sp³-hybridized carbons (Fsp3) is 0.105. The molecule has 1 heterocycles. The summed E-state index contributed by atoms with van der Waals surface area (Å²) in [5.74, 6) is -1.81. The summed E-state index contributed by atoms with van der Waals surface area (Å²) in [6.07, 6.45) is 1.38. The van der Waals surface area contributed by atoms with Crippen molar-refractivity contribution >= 4 is 23.9 Å². The van der Waals surface area contributed by atoms with Crippen LogP contribution in [0, 0.1) is 0 Å². The van der Waals surface area contributed by atoms with Crippen molar-refractivity contribution in [2.45, 2.75) is 6.61 Å². The second kappa shape index (κ2) is 8.30. The minimum absolute atomic E-state index is 0.0541. The van der Waals surface area contributed by atoms with Gasteiger partial charge in [0.05, 0.1) is 0 Å². The highest BCUT2D eigenvalue weighted by Gasteiger charge is 2.25. The average molecular weight is 389 g/mol. The largest absolute Gasteiger partial charge is 0.481 e. The molecule has 2 aromatic carbocycles. The predicted molar refractivity (Wildman–Crippen MR) is 93.3 cm³/mol. The molecule has 0 bridgehead atoms. The van der Waals surface area contributed by atoms with Gasteiger partial charge >= 0.3 is 18.6 Å². The van der Waals surface area contributed by atoms with E-state index in [1.807, 2.05) is 0 Å². The maximum Gasteiger partial charge on any atom is 0.387 e. The molecule has 1 aliphatic heterocycles. The Morgan fingerprint density at radius 2 is 2.00 bits per heavy atom. The Balaban J connectivity index is 1.87. The number of cyclic esters (lactones) is 1. The van der Waals surface area contributed by atoms with Crippen LogP contribution in [0.1, 0.15) is 11.1 Å². The number of alkyl halides is 2. The molecule has 0 fully saturated rings. The number of hydrogen-bond acceptors (Lipinski definition) is 6. The highest BCUT2D eigenvalue weighted by atomic mass is 19.3. The maximum absolute atomic E-state index is 12.4. The number of halogens is 2. The van der Waals surface area contributed by atoms with Gasteiger partial charge in [0.1, 0.15) is 11.5 Å². The van der Waals surface area contributed by atoms with Crippen LogP contribution in [0.5, 0.6) is 11.5 Å². The second-order valence-electron chi connectivity index (χ2n) is 5.46. The van der Waals surface area contributed by atoms with Gasteiger partial charge in [-0.15, -0.1) is 0 Å². The molecule has 9 heteroatoms. The van der Waals surface area contributed by atoms with E-state index in [0.717, 1.165) is 0 Å². The van der Waals surface area contributed by atoms with E-state index in [0.29, 0.717) is 5.56 Å². The van der Waals surface area contributed by atoms with Gasteiger partial charge in [-0.05, 0) is 30.3 Å². The molecule has 0 amide bonds. The smallest absolute Gasteiger partial charge is 0.387 e. The van der Waals surface area contributed by atoms with Crippen LogP contribution >= 0.6 is 0 Å². The van der Waals surface area contributed by atoms with Gasteiger partial charge in [-0.3, -0.25) is 0 Å². The SMILES string of the molecule is O=C(O)COc1ccccc1C=C1N=C(c2cccc(OC(F)F)c2)OC1=O. The molecule has 0 unspecified atom stereocenters. The van der Waals surface area contributed by atoms with Crippen LogP contribution < -0.4 is 9.47 Å². The van der Waals surface area contributed by atoms with Gasteiger partial charge in [0, 0.05) is 11.1 Å². The van der Waals surface area contributed by atoms with Crippen LogP contribution in [0.3, 0.4) is 0 Å². The number of carboxylic acids is 1. The Labute approximate surface area is 157 Å². The van der Waals surface area contributed by atoms with Crippen molar-refractivity contribution in [2.75, 3.05) is 6.61 Å². The van der Waals surface area contributed by atoms with Gasteiger partial charge in [-0.1, -0.05) is 24.3 Å². The molecule has 28 heavy (non-hydrogen) atoms. The number of benzene rings is 2. The summed E-state index contributed by atoms with van der Waals surface area (Å²) in [7, 11) is 0. The fourth-order valence-corrected chi connectivity index (χ4v) is 2.36. The Kier molecular flexibility index (Phi) is 5.64. The fourth-order valence-electron chi connectivity index (χ4n) is 2.36. The Hall–Kier alpha value is -3.75. The van der Waals surface area contributed by atoms with E-state index in [2.05, 4.69) is 9.73 Å². The van der Waals surface area contributed by atoms with Crippen molar-refractivity contribution in [3.05, 3.63) is 65.4 Å². The molecular weight excluding hydrogens is 376 g/mol. The number of para-hydroxylation sites is 1. The summed E-state index contributed by atoms with van der Waals surface area (Å²) in [6, 6.07) is 12.1. The van der Waals surface area contributed by atoms with Crippen molar-refractivity contribution < 1.29 is 37.7 Å². The number of ether oxygens (including phenoxy) is 3. The van der Waals surface area contributed by atoms with E-state index in [4.69, 9.17) is 14.6 Å². The highest BCUT2D eigenvalue weighted by Crippen LogP contribution is 2.26. The quantitative estimate of drug-likeness (QED) is 0.578. The normalized spacial score (nSPS) is 14.8. The molecule has 7 nitrogen and oxygen atoms in total. The lowest BCUT2D eigenvalue weighted by Crippen LogP contribution is -2.10. The molecule has 1 N–H and O–H groups in total. The standard InChI is InChI=1S/C19H13F2NO6/c20-19(21)27-13-6-3-5-12(8-13)17-22-14(18(25)28-17)9-11-4-1-2-7-15(11)26-10-16(23)24/h1-9,19H,10H2,(H,23,24). The summed E-state index contributed by atoms with van der Waals surface area (Å²) >= 11 is 0. The molecule has 0 atom stereocenters. The van der Waals surface area contributed by atoms with E-state index in [9.17, 15) is 18.4 Å². The van der Waals surface area contributed by atoms with Gasteiger partial charge in [0.15, 0.2) is 12.3 Å². The molecule has 1 aliphatic rings. The van der Waals surface area contributed by atoms with Crippen LogP contribution in [0.2, 0.25) is 0 Å². The molecule has 2 aromatic rings. The van der Waals surface area contributed by atoms with Gasteiger partial charge in [0.25, 0.3) is 0 Å². The number of aliphatic carboxylic acids is 1. The molecule has 0 radical (unpaired) electrons. The molecule has 3 rings (SSSR count). The zero-order valence-corrected chi connectivity index (χ0v) is 14.2. The molecule has 0 saturated heterocycles. The lowest BCUT2D eigenvalue weighted by atomic mass is 10.1. The van der Waals surface area contributed by atoms with Gasteiger partial charge in [-0.25, -0.2) is 14.6 Å². The molecule has 0 aliphatic carbocycles. The molecule has 0 saturated carbocycles. The van der Waals surface area contributed by atoms with Crippen LogP contribution in [0.25, 0.3) is 6.08 Å². The van der Waals surface area contributed by atoms with Gasteiger partial charge in [0.2, 0.25) is 5.90 Å². The first-order valence-corrected chi connectivity index (χ1v) is 7.94. The van der Waals surface area contributed by atoms with E-state index in [1.165, 1.54) is 30.3 Å². The van der Waals surface area contributed by atoms with Gasteiger partial charge < -0.3 is 19.3 Å². The topological polar surface area (TPSA) is 94.4 Å². The van der Waals surface area contributed by atoms with Crippen LogP contribution in [-0.4, -0.2) is 36.2 Å². The first kappa shape index (κ1) is 19.0. The third-order valence-corrected chi connectivity index (χ3v) is 3.49. The Morgan fingerprint density at radius 1 is 1.21 bits per heavy atom. The van der Waals surface area contributed by atoms with E-state index < -0.39 is 25.2 Å². The summed E-state index contributed by atoms with van der Waals surface area (Å²) in [6.45, 7) is -3.53. The highest BCUT2D eigenvalue weighted by molar-refractivity contribution is 6.13. The van der Waals surface area contributed by atoms with E-state index in [1.54, 1.807) is 24.3 Å². The minimum atomic E-state index is -2.99. The van der Waals surface area contributed by atoms with Gasteiger partial charge in [-0.2, -0.15) is 8.78 Å². The summed E-state index contributed by atoms with van der Waals surface area (Å²) < 4.78 is 39.3. The number of rotatable bonds is 7. The van der Waals surface area contributed by atoms with Crippen LogP contribution in [0.15, 0.2) is 59.2 Å². The van der Waals surface area contributed by atoms with Crippen molar-refractivity contribution in [2.24, 2.45) is 4.99 Å². The Morgan fingerprint density at radius 3 is 2.75 bits per heavy atom. The maximum atomic E-state index is 12.4. The number of nitrogens with zero attached hydrogens (tertiary/aromatic N) is 1. The zero-order chi connectivity index (χ0) is 20.1. The summed E-state index contributed by atoms with van der Waals surface area (Å²) in [5, 5.41) is 8.74. The van der Waals surface area contributed by atoms with Crippen molar-refractivity contribution in [3.63, 3.8) is 0 Å². The number of carbonyl (C=O) groups excluding carboxylic acids is 1. The number of aliphatic imine (C=N–C) groups is 1. The molecular formula is C19H13F2NO6. The monoisotopic (exact) mass is 389 g/mol. The lowest BCUT2D eigenvalue weighted by Gasteiger charge is -2.06. The zero-order valence-electron chi connectivity index (χ0n) is 14.2.